The number of hydrogen-bond acceptors (Lipinski definition) is 6. The predicted octanol–water partition coefficient (Wildman–Crippen LogP) is 3.24. The lowest BCUT2D eigenvalue weighted by atomic mass is 10.0. The Bertz CT molecular complexity index is 1580. The van der Waals surface area contributed by atoms with Crippen molar-refractivity contribution >= 4 is 31.5 Å². The number of sulfone groups is 1. The van der Waals surface area contributed by atoms with Crippen LogP contribution in [0.1, 0.15) is 18.4 Å². The van der Waals surface area contributed by atoms with Crippen LogP contribution in [0.2, 0.25) is 0 Å². The summed E-state index contributed by atoms with van der Waals surface area (Å²) in [5.74, 6) is -1.33. The van der Waals surface area contributed by atoms with Crippen LogP contribution in [0.3, 0.4) is 0 Å². The van der Waals surface area contributed by atoms with E-state index in [2.05, 4.69) is 4.72 Å². The van der Waals surface area contributed by atoms with E-state index < -0.39 is 37.6 Å². The van der Waals surface area contributed by atoms with Gasteiger partial charge in [-0.05, 0) is 60.9 Å². The zero-order valence-electron chi connectivity index (χ0n) is 19.2. The molecule has 1 N–H and O–H groups in total. The van der Waals surface area contributed by atoms with Crippen LogP contribution < -0.4 is 9.62 Å². The van der Waals surface area contributed by atoms with E-state index >= 15 is 4.39 Å². The fourth-order valence-corrected chi connectivity index (χ4v) is 6.24. The molecule has 186 valence electrons. The summed E-state index contributed by atoms with van der Waals surface area (Å²) in [5.41, 5.74) is 0.943. The molecule has 3 aromatic carbocycles. The van der Waals surface area contributed by atoms with Gasteiger partial charge in [0.1, 0.15) is 11.9 Å². The topological polar surface area (TPSA) is 124 Å². The van der Waals surface area contributed by atoms with Crippen LogP contribution in [0.15, 0.2) is 76.5 Å². The zero-order valence-corrected chi connectivity index (χ0v) is 20.8. The highest BCUT2D eigenvalue weighted by atomic mass is 32.2. The second kappa shape index (κ2) is 9.81. The molecule has 1 atom stereocenters. The van der Waals surface area contributed by atoms with Crippen LogP contribution in [-0.4, -0.2) is 41.6 Å². The molecule has 4 rings (SSSR count). The third-order valence-corrected chi connectivity index (χ3v) is 8.51. The van der Waals surface area contributed by atoms with Crippen LogP contribution >= 0.6 is 0 Å². The number of amides is 1. The third kappa shape index (κ3) is 5.16. The maximum absolute atomic E-state index is 15.2. The van der Waals surface area contributed by atoms with E-state index in [1.165, 1.54) is 47.4 Å². The predicted molar refractivity (Wildman–Crippen MR) is 132 cm³/mol. The van der Waals surface area contributed by atoms with Gasteiger partial charge in [0, 0.05) is 18.4 Å². The Morgan fingerprint density at radius 1 is 1.03 bits per heavy atom. The molecule has 1 heterocycles. The number of nitrogens with one attached hydrogen (secondary N) is 1. The Morgan fingerprint density at radius 2 is 1.72 bits per heavy atom. The summed E-state index contributed by atoms with van der Waals surface area (Å²) in [6, 6.07) is 16.4. The van der Waals surface area contributed by atoms with E-state index in [1.54, 1.807) is 18.2 Å². The first-order chi connectivity index (χ1) is 17.0. The van der Waals surface area contributed by atoms with Crippen molar-refractivity contribution in [1.29, 1.82) is 5.26 Å². The summed E-state index contributed by atoms with van der Waals surface area (Å²) < 4.78 is 67.4. The fraction of sp³-hybridized carbons (Fsp3) is 0.200. The smallest absolute Gasteiger partial charge is 0.245 e. The minimum absolute atomic E-state index is 0.0251. The number of hydrogen-bond donors (Lipinski definition) is 1. The van der Waals surface area contributed by atoms with Gasteiger partial charge in [0.25, 0.3) is 0 Å². The maximum Gasteiger partial charge on any atom is 0.245 e. The summed E-state index contributed by atoms with van der Waals surface area (Å²) in [5, 5.41) is 8.90. The SMILES string of the molecule is CS(=O)(=O)c1ccccc1-c1ccc(N2CCCC(NS(=O)(=O)c3ccc(C#N)cc3)C2=O)c(F)c1. The highest BCUT2D eigenvalue weighted by molar-refractivity contribution is 7.91. The van der Waals surface area contributed by atoms with Crippen LogP contribution in [0.25, 0.3) is 11.1 Å². The van der Waals surface area contributed by atoms with Crippen LogP contribution in [0.5, 0.6) is 0 Å². The summed E-state index contributed by atoms with van der Waals surface area (Å²) in [6.45, 7) is 0.199. The molecular weight excluding hydrogens is 505 g/mol. The zero-order chi connectivity index (χ0) is 26.1. The number of rotatable bonds is 6. The Labute approximate surface area is 209 Å². The molecule has 0 saturated carbocycles. The van der Waals surface area contributed by atoms with E-state index in [4.69, 9.17) is 5.26 Å². The van der Waals surface area contributed by atoms with Crippen molar-refractivity contribution < 1.29 is 26.0 Å². The largest absolute Gasteiger partial charge is 0.308 e. The second-order valence-corrected chi connectivity index (χ2v) is 12.1. The number of halogens is 1. The first-order valence-electron chi connectivity index (χ1n) is 10.9. The summed E-state index contributed by atoms with van der Waals surface area (Å²) in [4.78, 5) is 14.3. The molecule has 11 heteroatoms. The van der Waals surface area contributed by atoms with Gasteiger partial charge < -0.3 is 4.90 Å². The van der Waals surface area contributed by atoms with Crippen LogP contribution in [0.4, 0.5) is 10.1 Å². The summed E-state index contributed by atoms with van der Waals surface area (Å²) in [7, 11) is -7.61. The van der Waals surface area contributed by atoms with Gasteiger partial charge in [-0.1, -0.05) is 24.3 Å². The van der Waals surface area contributed by atoms with Crippen molar-refractivity contribution in [2.75, 3.05) is 17.7 Å². The van der Waals surface area contributed by atoms with Gasteiger partial charge in [-0.3, -0.25) is 4.79 Å². The number of carbonyl (C=O) groups excluding carboxylic acids is 1. The van der Waals surface area contributed by atoms with Crippen LogP contribution in [0, 0.1) is 17.1 Å². The van der Waals surface area contributed by atoms with Gasteiger partial charge in [0.15, 0.2) is 9.84 Å². The molecule has 1 aliphatic rings. The number of nitrogens with zero attached hydrogens (tertiary/aromatic N) is 2. The molecule has 1 aliphatic heterocycles. The molecule has 0 aromatic heterocycles. The number of sulfonamides is 1. The van der Waals surface area contributed by atoms with Crippen molar-refractivity contribution in [2.24, 2.45) is 0 Å². The average molecular weight is 528 g/mol. The summed E-state index contributed by atoms with van der Waals surface area (Å²) >= 11 is 0. The van der Waals surface area contributed by atoms with E-state index in [-0.39, 0.29) is 28.4 Å². The van der Waals surface area contributed by atoms with Crippen LogP contribution in [-0.2, 0) is 24.7 Å². The second-order valence-electron chi connectivity index (χ2n) is 8.38. The van der Waals surface area contributed by atoms with E-state index in [0.717, 1.165) is 12.3 Å². The number of anilines is 1. The Hall–Kier alpha value is -3.59. The van der Waals surface area contributed by atoms with Crippen molar-refractivity contribution in [2.45, 2.75) is 28.7 Å². The lowest BCUT2D eigenvalue weighted by Crippen LogP contribution is -2.52. The minimum atomic E-state index is -4.05. The maximum atomic E-state index is 15.2. The van der Waals surface area contributed by atoms with Gasteiger partial charge >= 0.3 is 0 Å². The molecule has 36 heavy (non-hydrogen) atoms. The standard InChI is InChI=1S/C25H22FN3O5S2/c1-35(31,32)24-7-3-2-5-20(24)18-10-13-23(21(26)15-18)29-14-4-6-22(25(29)30)28-36(33,34)19-11-8-17(16-27)9-12-19/h2-3,5,7-13,15,22,28H,4,6,14H2,1H3. The van der Waals surface area contributed by atoms with E-state index in [0.29, 0.717) is 23.1 Å². The molecule has 0 radical (unpaired) electrons. The van der Waals surface area contributed by atoms with E-state index in [1.807, 2.05) is 6.07 Å². The normalized spacial score (nSPS) is 16.5. The van der Waals surface area contributed by atoms with Gasteiger partial charge in [0.05, 0.1) is 27.1 Å². The van der Waals surface area contributed by atoms with Crippen molar-refractivity contribution in [3.05, 3.63) is 78.1 Å². The monoisotopic (exact) mass is 527 g/mol. The highest BCUT2D eigenvalue weighted by Crippen LogP contribution is 2.32. The number of carbonyl (C=O) groups is 1. The first-order valence-corrected chi connectivity index (χ1v) is 14.3. The van der Waals surface area contributed by atoms with Crippen molar-refractivity contribution in [1.82, 2.24) is 4.72 Å². The minimum Gasteiger partial charge on any atom is -0.308 e. The lowest BCUT2D eigenvalue weighted by molar-refractivity contribution is -0.121. The van der Waals surface area contributed by atoms with E-state index in [9.17, 15) is 21.6 Å². The van der Waals surface area contributed by atoms with Gasteiger partial charge in [0.2, 0.25) is 15.9 Å². The molecule has 1 amide bonds. The third-order valence-electron chi connectivity index (χ3n) is 5.87. The fourth-order valence-electron chi connectivity index (χ4n) is 4.11. The first kappa shape index (κ1) is 25.5. The molecule has 0 aliphatic carbocycles. The van der Waals surface area contributed by atoms with Crippen molar-refractivity contribution in [3.63, 3.8) is 0 Å². The van der Waals surface area contributed by atoms with Gasteiger partial charge in [-0.25, -0.2) is 21.2 Å². The Morgan fingerprint density at radius 3 is 2.36 bits per heavy atom. The molecule has 0 bridgehead atoms. The highest BCUT2D eigenvalue weighted by Gasteiger charge is 2.34. The number of benzene rings is 3. The van der Waals surface area contributed by atoms with Crippen molar-refractivity contribution in [3.8, 4) is 17.2 Å². The lowest BCUT2D eigenvalue weighted by Gasteiger charge is -2.32. The molecule has 1 fully saturated rings. The molecule has 8 nitrogen and oxygen atoms in total. The molecule has 1 unspecified atom stereocenters. The Balaban J connectivity index is 1.59. The van der Waals surface area contributed by atoms with Gasteiger partial charge in [-0.15, -0.1) is 0 Å². The molecule has 0 spiro atoms. The summed E-state index contributed by atoms with van der Waals surface area (Å²) in [6.07, 6.45) is 1.75. The average Bonchev–Trinajstić information content (AvgIpc) is 2.85. The molecule has 1 saturated heterocycles. The van der Waals surface area contributed by atoms with Gasteiger partial charge in [-0.2, -0.15) is 9.98 Å². The molecular formula is C25H22FN3O5S2. The molecule has 3 aromatic rings. The number of nitriles is 1. The quantitative estimate of drug-likeness (QED) is 0.525. The Kier molecular flexibility index (Phi) is 6.95. The number of piperidine rings is 1.